The maximum Gasteiger partial charge on any atom is 0.312 e. The molecule has 120 valence electrons. The molecule has 5 heteroatoms. The van der Waals surface area contributed by atoms with Crippen LogP contribution in [0, 0.1) is 5.41 Å². The van der Waals surface area contributed by atoms with Gasteiger partial charge in [0.15, 0.2) is 5.79 Å². The number of hydrogen-bond acceptors (Lipinski definition) is 5. The van der Waals surface area contributed by atoms with Crippen LogP contribution in [0.2, 0.25) is 0 Å². The van der Waals surface area contributed by atoms with E-state index in [0.717, 1.165) is 25.7 Å². The number of carbonyl (C=O) groups excluding carboxylic acids is 1. The van der Waals surface area contributed by atoms with Gasteiger partial charge < -0.3 is 19.6 Å². The van der Waals surface area contributed by atoms with E-state index in [1.807, 2.05) is 27.7 Å². The molecule has 1 aliphatic heterocycles. The highest BCUT2D eigenvalue weighted by Gasteiger charge is 2.47. The maximum atomic E-state index is 11.8. The first-order chi connectivity index (χ1) is 9.71. The van der Waals surface area contributed by atoms with Crippen LogP contribution in [0.3, 0.4) is 0 Å². The number of ether oxygens (including phenoxy) is 3. The van der Waals surface area contributed by atoms with E-state index in [-0.39, 0.29) is 24.2 Å². The van der Waals surface area contributed by atoms with Gasteiger partial charge >= 0.3 is 5.97 Å². The number of nitrogens with one attached hydrogen (secondary N) is 1. The fourth-order valence-corrected chi connectivity index (χ4v) is 3.07. The molecule has 0 aromatic rings. The van der Waals surface area contributed by atoms with Crippen LogP contribution in [0.15, 0.2) is 0 Å². The van der Waals surface area contributed by atoms with Gasteiger partial charge in [-0.3, -0.25) is 4.79 Å². The highest BCUT2D eigenvalue weighted by atomic mass is 16.8. The minimum atomic E-state index is -0.527. The summed E-state index contributed by atoms with van der Waals surface area (Å²) in [5, 5.41) is 8.15. The molecule has 2 aliphatic rings. The van der Waals surface area contributed by atoms with Crippen molar-refractivity contribution in [3.8, 4) is 0 Å². The first-order valence-corrected chi connectivity index (χ1v) is 7.86. The average molecular weight is 297 g/mol. The summed E-state index contributed by atoms with van der Waals surface area (Å²) in [7, 11) is 0. The Kier molecular flexibility index (Phi) is 4.73. The molecule has 1 spiro atoms. The molecule has 0 unspecified atom stereocenters. The Balaban J connectivity index is 1.92. The molecular weight excluding hydrogens is 270 g/mol. The molecule has 5 nitrogen and oxygen atoms in total. The van der Waals surface area contributed by atoms with Crippen LogP contribution >= 0.6 is 0 Å². The summed E-state index contributed by atoms with van der Waals surface area (Å²) < 4.78 is 17.3. The molecule has 0 radical (unpaired) electrons. The summed E-state index contributed by atoms with van der Waals surface area (Å²) in [5.74, 6) is -0.907. The van der Waals surface area contributed by atoms with Crippen molar-refractivity contribution < 1.29 is 19.0 Å². The van der Waals surface area contributed by atoms with Crippen molar-refractivity contribution in [2.75, 3.05) is 0 Å². The van der Waals surface area contributed by atoms with Gasteiger partial charge in [0.05, 0.1) is 18.2 Å². The van der Waals surface area contributed by atoms with Crippen molar-refractivity contribution in [3.05, 3.63) is 0 Å². The summed E-state index contributed by atoms with van der Waals surface area (Å²) in [6.45, 7) is 7.38. The summed E-state index contributed by atoms with van der Waals surface area (Å²) >= 11 is 0. The Bertz CT molecular complexity index is 407. The lowest BCUT2D eigenvalue weighted by atomic mass is 9.94. The van der Waals surface area contributed by atoms with Crippen LogP contribution in [-0.4, -0.2) is 35.3 Å². The monoisotopic (exact) mass is 297 g/mol. The Morgan fingerprint density at radius 2 is 1.86 bits per heavy atom. The first kappa shape index (κ1) is 16.4. The third kappa shape index (κ3) is 4.27. The van der Waals surface area contributed by atoms with Crippen molar-refractivity contribution in [2.45, 2.75) is 89.8 Å². The topological polar surface area (TPSA) is 68.6 Å². The molecule has 0 aromatic heterocycles. The highest BCUT2D eigenvalue weighted by Crippen LogP contribution is 2.40. The second-order valence-corrected chi connectivity index (χ2v) is 7.12. The first-order valence-electron chi connectivity index (χ1n) is 7.86. The largest absolute Gasteiger partial charge is 0.460 e. The minimum absolute atomic E-state index is 0.0360. The van der Waals surface area contributed by atoms with Gasteiger partial charge in [0.1, 0.15) is 11.7 Å². The third-order valence-electron chi connectivity index (χ3n) is 3.88. The predicted molar refractivity (Wildman–Crippen MR) is 79.4 cm³/mol. The molecule has 0 bridgehead atoms. The summed E-state index contributed by atoms with van der Waals surface area (Å²) in [6.07, 6.45) is 4.52. The van der Waals surface area contributed by atoms with E-state index in [1.165, 1.54) is 6.42 Å². The van der Waals surface area contributed by atoms with Crippen LogP contribution in [0.4, 0.5) is 0 Å². The summed E-state index contributed by atoms with van der Waals surface area (Å²) in [4.78, 5) is 11.8. The van der Waals surface area contributed by atoms with Crippen molar-refractivity contribution in [1.82, 2.24) is 0 Å². The van der Waals surface area contributed by atoms with Gasteiger partial charge in [-0.15, -0.1) is 0 Å². The van der Waals surface area contributed by atoms with Gasteiger partial charge in [-0.2, -0.15) is 0 Å². The number of carbonyl (C=O) groups is 1. The molecule has 0 aromatic carbocycles. The van der Waals surface area contributed by atoms with Crippen molar-refractivity contribution >= 4 is 11.7 Å². The Labute approximate surface area is 126 Å². The van der Waals surface area contributed by atoms with Gasteiger partial charge in [-0.25, -0.2) is 0 Å². The molecule has 1 saturated carbocycles. The molecule has 1 N–H and O–H groups in total. The average Bonchev–Trinajstić information content (AvgIpc) is 2.64. The SMILES string of the molecule is C[C@@H]1OC2(CCCCC2)O[C@@H]1C(=N)CC(=O)OC(C)(C)C. The molecule has 2 fully saturated rings. The molecular formula is C16H27NO4. The van der Waals surface area contributed by atoms with E-state index >= 15 is 0 Å². The summed E-state index contributed by atoms with van der Waals surface area (Å²) in [6, 6.07) is 0. The molecule has 0 amide bonds. The Hall–Kier alpha value is -0.940. The van der Waals surface area contributed by atoms with E-state index in [1.54, 1.807) is 0 Å². The molecule has 21 heavy (non-hydrogen) atoms. The van der Waals surface area contributed by atoms with Crippen molar-refractivity contribution in [3.63, 3.8) is 0 Å². The van der Waals surface area contributed by atoms with E-state index in [2.05, 4.69) is 0 Å². The standard InChI is InChI=1S/C16H27NO4/c1-11-14(12(17)10-13(18)20-15(2,3)4)21-16(19-11)8-6-5-7-9-16/h11,14,17H,5-10H2,1-4H3/t11-,14-/m0/s1. The second kappa shape index (κ2) is 6.05. The number of hydrogen-bond donors (Lipinski definition) is 1. The number of rotatable bonds is 3. The van der Waals surface area contributed by atoms with Gasteiger partial charge in [0.2, 0.25) is 0 Å². The lowest BCUT2D eigenvalue weighted by Gasteiger charge is -2.31. The van der Waals surface area contributed by atoms with Gasteiger partial charge in [-0.05, 0) is 40.5 Å². The number of esters is 1. The zero-order valence-electron chi connectivity index (χ0n) is 13.5. The Morgan fingerprint density at radius 3 is 2.43 bits per heavy atom. The van der Waals surface area contributed by atoms with Crippen LogP contribution in [0.1, 0.15) is 66.2 Å². The van der Waals surface area contributed by atoms with E-state index < -0.39 is 17.5 Å². The quantitative estimate of drug-likeness (QED) is 0.641. The Morgan fingerprint density at radius 1 is 1.24 bits per heavy atom. The van der Waals surface area contributed by atoms with Crippen molar-refractivity contribution in [1.29, 1.82) is 5.41 Å². The molecule has 1 heterocycles. The fraction of sp³-hybridized carbons (Fsp3) is 0.875. The van der Waals surface area contributed by atoms with E-state index in [4.69, 9.17) is 19.6 Å². The lowest BCUT2D eigenvalue weighted by molar-refractivity contribution is -0.189. The summed E-state index contributed by atoms with van der Waals surface area (Å²) in [5.41, 5.74) is -0.278. The molecule has 2 atom stereocenters. The zero-order chi connectivity index (χ0) is 15.7. The predicted octanol–water partition coefficient (Wildman–Crippen LogP) is 3.20. The van der Waals surface area contributed by atoms with Gasteiger partial charge in [0.25, 0.3) is 0 Å². The van der Waals surface area contributed by atoms with Crippen LogP contribution in [0.5, 0.6) is 0 Å². The van der Waals surface area contributed by atoms with Gasteiger partial charge in [0, 0.05) is 12.8 Å². The van der Waals surface area contributed by atoms with Crippen molar-refractivity contribution in [2.24, 2.45) is 0 Å². The maximum absolute atomic E-state index is 11.8. The fourth-order valence-electron chi connectivity index (χ4n) is 3.07. The third-order valence-corrected chi connectivity index (χ3v) is 3.88. The zero-order valence-corrected chi connectivity index (χ0v) is 13.5. The van der Waals surface area contributed by atoms with Gasteiger partial charge in [-0.1, -0.05) is 6.42 Å². The molecule has 1 saturated heterocycles. The highest BCUT2D eigenvalue weighted by molar-refractivity contribution is 6.00. The molecule has 1 aliphatic carbocycles. The molecule has 2 rings (SSSR count). The van der Waals surface area contributed by atoms with Crippen LogP contribution < -0.4 is 0 Å². The lowest BCUT2D eigenvalue weighted by Crippen LogP contribution is -2.35. The van der Waals surface area contributed by atoms with E-state index in [9.17, 15) is 4.79 Å². The smallest absolute Gasteiger partial charge is 0.312 e. The minimum Gasteiger partial charge on any atom is -0.460 e. The second-order valence-electron chi connectivity index (χ2n) is 7.12. The van der Waals surface area contributed by atoms with Crippen LogP contribution in [0.25, 0.3) is 0 Å². The normalized spacial score (nSPS) is 28.6. The van der Waals surface area contributed by atoms with E-state index in [0.29, 0.717) is 0 Å². The van der Waals surface area contributed by atoms with Crippen LogP contribution in [-0.2, 0) is 19.0 Å².